The number of anilines is 1. The highest BCUT2D eigenvalue weighted by atomic mass is 127. The lowest BCUT2D eigenvalue weighted by molar-refractivity contribution is 0.273. The zero-order chi connectivity index (χ0) is 19.8. The monoisotopic (exact) mass is 516 g/mol. The average Bonchev–Trinajstić information content (AvgIpc) is 2.93. The van der Waals surface area contributed by atoms with E-state index >= 15 is 0 Å². The van der Waals surface area contributed by atoms with Gasteiger partial charge in [0.15, 0.2) is 5.96 Å². The fraction of sp³-hybridized carbons (Fsp3) is 0.667. The van der Waals surface area contributed by atoms with E-state index in [9.17, 15) is 5.11 Å². The molecule has 2 aliphatic heterocycles. The molecule has 2 N–H and O–H groups in total. The smallest absolute Gasteiger partial charge is 0.193 e. The van der Waals surface area contributed by atoms with Crippen molar-refractivity contribution >= 4 is 35.6 Å². The van der Waals surface area contributed by atoms with E-state index in [0.29, 0.717) is 5.75 Å². The molecule has 0 atom stereocenters. The number of aliphatic imine (C=N–C) groups is 1. The molecule has 1 aromatic carbocycles. The Kier molecular flexibility index (Phi) is 10.3. The summed E-state index contributed by atoms with van der Waals surface area (Å²) in [5.74, 6) is 1.35. The molecule has 7 nitrogen and oxygen atoms in total. The molecule has 0 aliphatic carbocycles. The van der Waals surface area contributed by atoms with Gasteiger partial charge in [-0.05, 0) is 51.7 Å². The molecule has 0 amide bonds. The van der Waals surface area contributed by atoms with E-state index < -0.39 is 0 Å². The lowest BCUT2D eigenvalue weighted by atomic mass is 10.2. The van der Waals surface area contributed by atoms with Gasteiger partial charge in [-0.2, -0.15) is 0 Å². The van der Waals surface area contributed by atoms with Crippen molar-refractivity contribution in [3.8, 4) is 5.75 Å². The number of guanidine groups is 1. The third-order valence-electron chi connectivity index (χ3n) is 5.76. The first kappa shape index (κ1) is 24.0. The number of para-hydroxylation sites is 2. The van der Waals surface area contributed by atoms with Gasteiger partial charge in [0.1, 0.15) is 5.75 Å². The third-order valence-corrected chi connectivity index (χ3v) is 5.76. The van der Waals surface area contributed by atoms with Crippen molar-refractivity contribution in [2.75, 3.05) is 84.4 Å². The fourth-order valence-electron chi connectivity index (χ4n) is 4.05. The molecular formula is C21H37IN6O. The highest BCUT2D eigenvalue weighted by Crippen LogP contribution is 2.27. The maximum Gasteiger partial charge on any atom is 0.193 e. The number of benzene rings is 1. The van der Waals surface area contributed by atoms with Gasteiger partial charge in [0, 0.05) is 52.9 Å². The molecule has 0 saturated carbocycles. The number of aromatic hydroxyl groups is 1. The van der Waals surface area contributed by atoms with Crippen LogP contribution in [-0.2, 0) is 0 Å². The fourth-order valence-corrected chi connectivity index (χ4v) is 4.05. The van der Waals surface area contributed by atoms with Crippen LogP contribution in [-0.4, -0.2) is 105 Å². The summed E-state index contributed by atoms with van der Waals surface area (Å²) in [4.78, 5) is 14.0. The quantitative estimate of drug-likeness (QED) is 0.269. The lowest BCUT2D eigenvalue weighted by Gasteiger charge is -2.37. The van der Waals surface area contributed by atoms with Crippen LogP contribution < -0.4 is 10.2 Å². The van der Waals surface area contributed by atoms with E-state index in [1.807, 2.05) is 25.2 Å². The van der Waals surface area contributed by atoms with Crippen molar-refractivity contribution in [3.05, 3.63) is 24.3 Å². The molecule has 29 heavy (non-hydrogen) atoms. The van der Waals surface area contributed by atoms with Crippen molar-refractivity contribution in [2.45, 2.75) is 12.8 Å². The Morgan fingerprint density at radius 2 is 1.79 bits per heavy atom. The van der Waals surface area contributed by atoms with Crippen molar-refractivity contribution in [1.29, 1.82) is 0 Å². The van der Waals surface area contributed by atoms with Crippen LogP contribution in [0, 0.1) is 0 Å². The Labute approximate surface area is 192 Å². The van der Waals surface area contributed by atoms with Crippen LogP contribution in [0.25, 0.3) is 0 Å². The summed E-state index contributed by atoms with van der Waals surface area (Å²) < 4.78 is 0. The first-order valence-electron chi connectivity index (χ1n) is 10.6. The number of hydrogen-bond acceptors (Lipinski definition) is 5. The Hall–Kier alpha value is -1.26. The molecule has 2 heterocycles. The van der Waals surface area contributed by atoms with Crippen LogP contribution in [0.1, 0.15) is 12.8 Å². The highest BCUT2D eigenvalue weighted by molar-refractivity contribution is 14.0. The van der Waals surface area contributed by atoms with Crippen LogP contribution in [0.2, 0.25) is 0 Å². The summed E-state index contributed by atoms with van der Waals surface area (Å²) in [5, 5.41) is 13.6. The molecular weight excluding hydrogens is 479 g/mol. The zero-order valence-corrected chi connectivity index (χ0v) is 20.2. The van der Waals surface area contributed by atoms with Gasteiger partial charge in [-0.15, -0.1) is 24.0 Å². The molecule has 0 aromatic heterocycles. The van der Waals surface area contributed by atoms with E-state index in [4.69, 9.17) is 0 Å². The van der Waals surface area contributed by atoms with E-state index in [1.54, 1.807) is 6.07 Å². The number of halogens is 1. The molecule has 3 rings (SSSR count). The number of phenolic OH excluding ortho intramolecular Hbond substituents is 1. The van der Waals surface area contributed by atoms with Crippen LogP contribution in [0.15, 0.2) is 29.3 Å². The first-order chi connectivity index (χ1) is 13.7. The SMILES string of the molecule is CN=C(NCCCN1CCCN(C)CC1)N1CCN(c2ccccc2O)CC1.I. The first-order valence-corrected chi connectivity index (χ1v) is 10.6. The highest BCUT2D eigenvalue weighted by Gasteiger charge is 2.21. The number of phenols is 1. The Bertz CT molecular complexity index is 635. The van der Waals surface area contributed by atoms with Gasteiger partial charge in [0.2, 0.25) is 0 Å². The Morgan fingerprint density at radius 1 is 1.03 bits per heavy atom. The van der Waals surface area contributed by atoms with Crippen LogP contribution in [0.4, 0.5) is 5.69 Å². The van der Waals surface area contributed by atoms with Crippen molar-refractivity contribution in [2.24, 2.45) is 4.99 Å². The van der Waals surface area contributed by atoms with E-state index in [0.717, 1.165) is 57.3 Å². The molecule has 0 unspecified atom stereocenters. The second-order valence-corrected chi connectivity index (χ2v) is 7.79. The minimum absolute atomic E-state index is 0. The maximum absolute atomic E-state index is 10.1. The minimum atomic E-state index is 0. The van der Waals surface area contributed by atoms with E-state index in [1.165, 1.54) is 32.6 Å². The molecule has 0 radical (unpaired) electrons. The van der Waals surface area contributed by atoms with Gasteiger partial charge in [-0.3, -0.25) is 4.99 Å². The van der Waals surface area contributed by atoms with Crippen LogP contribution in [0.3, 0.4) is 0 Å². The van der Waals surface area contributed by atoms with Crippen molar-refractivity contribution < 1.29 is 5.11 Å². The predicted molar refractivity (Wildman–Crippen MR) is 132 cm³/mol. The second-order valence-electron chi connectivity index (χ2n) is 7.79. The van der Waals surface area contributed by atoms with E-state index in [-0.39, 0.29) is 24.0 Å². The number of likely N-dealkylation sites (N-methyl/N-ethyl adjacent to an activating group) is 1. The topological polar surface area (TPSA) is 57.6 Å². The predicted octanol–water partition coefficient (Wildman–Crippen LogP) is 1.74. The third kappa shape index (κ3) is 7.18. The van der Waals surface area contributed by atoms with Crippen LogP contribution >= 0.6 is 24.0 Å². The summed E-state index contributed by atoms with van der Waals surface area (Å²) in [6.07, 6.45) is 2.41. The summed E-state index contributed by atoms with van der Waals surface area (Å²) in [6, 6.07) is 7.58. The van der Waals surface area contributed by atoms with Gasteiger partial charge in [-0.1, -0.05) is 12.1 Å². The standard InChI is InChI=1S/C21H36N6O.HI/c1-22-21(23-9-5-11-25-12-6-10-24(2)13-14-25)27-17-15-26(16-18-27)19-7-3-4-8-20(19)28;/h3-4,7-8,28H,5-6,9-18H2,1-2H3,(H,22,23);1H. The van der Waals surface area contributed by atoms with E-state index in [2.05, 4.69) is 37.0 Å². The van der Waals surface area contributed by atoms with Crippen LogP contribution in [0.5, 0.6) is 5.75 Å². The lowest BCUT2D eigenvalue weighted by Crippen LogP contribution is -2.52. The van der Waals surface area contributed by atoms with Gasteiger partial charge >= 0.3 is 0 Å². The molecule has 0 spiro atoms. The summed E-state index contributed by atoms with van der Waals surface area (Å²) in [5.41, 5.74) is 0.924. The van der Waals surface area contributed by atoms with Gasteiger partial charge in [-0.25, -0.2) is 0 Å². The molecule has 8 heteroatoms. The second kappa shape index (κ2) is 12.4. The number of piperazine rings is 1. The summed E-state index contributed by atoms with van der Waals surface area (Å²) in [6.45, 7) is 10.5. The van der Waals surface area contributed by atoms with Crippen molar-refractivity contribution in [1.82, 2.24) is 20.0 Å². The molecule has 2 fully saturated rings. The number of rotatable bonds is 5. The zero-order valence-electron chi connectivity index (χ0n) is 17.9. The molecule has 164 valence electrons. The molecule has 2 saturated heterocycles. The average molecular weight is 516 g/mol. The number of nitrogens with one attached hydrogen (secondary N) is 1. The maximum atomic E-state index is 10.1. The van der Waals surface area contributed by atoms with Gasteiger partial charge in [0.05, 0.1) is 5.69 Å². The van der Waals surface area contributed by atoms with Gasteiger partial charge < -0.3 is 30.0 Å². The van der Waals surface area contributed by atoms with Gasteiger partial charge in [0.25, 0.3) is 0 Å². The molecule has 2 aliphatic rings. The summed E-state index contributed by atoms with van der Waals surface area (Å²) in [7, 11) is 4.08. The molecule has 1 aromatic rings. The minimum Gasteiger partial charge on any atom is -0.506 e. The largest absolute Gasteiger partial charge is 0.506 e. The Morgan fingerprint density at radius 3 is 2.52 bits per heavy atom. The van der Waals surface area contributed by atoms with Crippen molar-refractivity contribution in [3.63, 3.8) is 0 Å². The number of hydrogen-bond donors (Lipinski definition) is 2. The normalized spacial score (nSPS) is 19.6. The number of nitrogens with zero attached hydrogens (tertiary/aromatic N) is 5. The summed E-state index contributed by atoms with van der Waals surface area (Å²) >= 11 is 0. The Balaban J connectivity index is 0.00000300. The molecule has 0 bridgehead atoms.